The Kier molecular flexibility index (Phi) is 6.39. The van der Waals surface area contributed by atoms with Gasteiger partial charge in [-0.15, -0.1) is 0 Å². The van der Waals surface area contributed by atoms with Crippen LogP contribution in [0.2, 0.25) is 0 Å². The third-order valence-corrected chi connectivity index (χ3v) is 5.42. The summed E-state index contributed by atoms with van der Waals surface area (Å²) < 4.78 is 13.0. The van der Waals surface area contributed by atoms with Gasteiger partial charge in [0.2, 0.25) is 0 Å². The minimum Gasteiger partial charge on any atom is -0.507 e. The Morgan fingerprint density at radius 2 is 2.04 bits per heavy atom. The van der Waals surface area contributed by atoms with Crippen molar-refractivity contribution >= 4 is 16.9 Å². The van der Waals surface area contributed by atoms with Gasteiger partial charge in [0.15, 0.2) is 0 Å². The molecule has 148 valence electrons. The maximum absolute atomic E-state index is 12.8. The summed E-state index contributed by atoms with van der Waals surface area (Å²) in [6.07, 6.45) is 2.12. The van der Waals surface area contributed by atoms with E-state index in [0.29, 0.717) is 18.7 Å². The van der Waals surface area contributed by atoms with Crippen molar-refractivity contribution in [1.82, 2.24) is 4.57 Å². The van der Waals surface area contributed by atoms with Crippen LogP contribution >= 0.6 is 0 Å². The van der Waals surface area contributed by atoms with Crippen LogP contribution in [-0.4, -0.2) is 48.6 Å². The van der Waals surface area contributed by atoms with E-state index in [4.69, 9.17) is 9.47 Å². The Morgan fingerprint density at radius 1 is 1.30 bits per heavy atom. The number of esters is 1. The molecule has 0 aliphatic carbocycles. The second kappa shape index (κ2) is 8.76. The van der Waals surface area contributed by atoms with Gasteiger partial charge in [-0.3, -0.25) is 0 Å². The number of aromatic hydroxyl groups is 1. The third kappa shape index (κ3) is 3.96. The number of hydrogen-bond acceptors (Lipinski definition) is 4. The number of carbonyl (C=O) groups excluding carboxylic acids is 1. The maximum Gasteiger partial charge on any atom is 0.340 e. The molecule has 0 radical (unpaired) electrons. The van der Waals surface area contributed by atoms with Crippen LogP contribution in [-0.2, 0) is 22.6 Å². The molecule has 0 amide bonds. The van der Waals surface area contributed by atoms with Crippen molar-refractivity contribution < 1.29 is 24.3 Å². The Morgan fingerprint density at radius 3 is 2.70 bits per heavy atom. The Labute approximate surface area is 160 Å². The molecule has 2 N–H and O–H groups in total. The van der Waals surface area contributed by atoms with Crippen molar-refractivity contribution in [3.63, 3.8) is 0 Å². The average molecular weight is 375 g/mol. The van der Waals surface area contributed by atoms with E-state index in [1.165, 1.54) is 4.90 Å². The number of aromatic nitrogens is 1. The zero-order valence-corrected chi connectivity index (χ0v) is 16.6. The number of nitrogens with one attached hydrogen (secondary N) is 1. The summed E-state index contributed by atoms with van der Waals surface area (Å²) >= 11 is 0. The Hall–Kier alpha value is -2.05. The van der Waals surface area contributed by atoms with Gasteiger partial charge in [0.1, 0.15) is 25.4 Å². The maximum atomic E-state index is 12.8. The van der Waals surface area contributed by atoms with Gasteiger partial charge >= 0.3 is 5.97 Å². The lowest BCUT2D eigenvalue weighted by molar-refractivity contribution is -0.921. The summed E-state index contributed by atoms with van der Waals surface area (Å²) in [5, 5.41) is 11.5. The summed E-state index contributed by atoms with van der Waals surface area (Å²) in [6, 6.07) is 3.68. The van der Waals surface area contributed by atoms with Crippen LogP contribution in [0.4, 0.5) is 0 Å². The summed E-state index contributed by atoms with van der Waals surface area (Å²) in [4.78, 5) is 14.1. The number of hydrogen-bond donors (Lipinski definition) is 2. The van der Waals surface area contributed by atoms with Crippen molar-refractivity contribution in [2.24, 2.45) is 0 Å². The number of ether oxygens (including phenoxy) is 2. The van der Waals surface area contributed by atoms with E-state index in [-0.39, 0.29) is 11.7 Å². The predicted molar refractivity (Wildman–Crippen MR) is 104 cm³/mol. The van der Waals surface area contributed by atoms with E-state index in [1.54, 1.807) is 6.07 Å². The van der Waals surface area contributed by atoms with E-state index in [9.17, 15) is 9.90 Å². The minimum absolute atomic E-state index is 0.250. The van der Waals surface area contributed by atoms with E-state index in [0.717, 1.165) is 67.8 Å². The first-order valence-corrected chi connectivity index (χ1v) is 10.0. The standard InChI is InChI=1S/C21H30N2O4/c1-4-6-9-23-15(3)19(21(25)27-5-2)20-16(18(24)8-7-17(20)23)14-22-10-12-26-13-11-22/h7-8,24H,4-6,9-14H2,1-3H3/p+1. The molecule has 0 spiro atoms. The number of fused-ring (bicyclic) bond motifs is 1. The van der Waals surface area contributed by atoms with Crippen molar-refractivity contribution in [2.75, 3.05) is 32.9 Å². The van der Waals surface area contributed by atoms with Gasteiger partial charge in [-0.1, -0.05) is 13.3 Å². The zero-order chi connectivity index (χ0) is 19.4. The highest BCUT2D eigenvalue weighted by Crippen LogP contribution is 2.34. The smallest absolute Gasteiger partial charge is 0.340 e. The van der Waals surface area contributed by atoms with Gasteiger partial charge in [-0.05, 0) is 32.4 Å². The molecular formula is C21H31N2O4+. The molecule has 0 unspecified atom stereocenters. The Balaban J connectivity index is 2.15. The molecule has 0 atom stereocenters. The van der Waals surface area contributed by atoms with Crippen molar-refractivity contribution in [3.05, 3.63) is 29.0 Å². The number of carbonyl (C=O) groups is 1. The number of nitrogens with zero attached hydrogens (tertiary/aromatic N) is 1. The molecule has 1 aromatic heterocycles. The fourth-order valence-electron chi connectivity index (χ4n) is 3.95. The van der Waals surface area contributed by atoms with Crippen LogP contribution in [0.1, 0.15) is 48.3 Å². The number of aryl methyl sites for hydroxylation is 1. The summed E-state index contributed by atoms with van der Waals surface area (Å²) in [7, 11) is 0. The first kappa shape index (κ1) is 19.7. The molecule has 1 saturated heterocycles. The van der Waals surface area contributed by atoms with Crippen LogP contribution < -0.4 is 4.90 Å². The lowest BCUT2D eigenvalue weighted by Gasteiger charge is -2.24. The molecule has 1 aliphatic heterocycles. The van der Waals surface area contributed by atoms with Crippen molar-refractivity contribution in [3.8, 4) is 5.75 Å². The van der Waals surface area contributed by atoms with Crippen LogP contribution in [0.5, 0.6) is 5.75 Å². The minimum atomic E-state index is -0.306. The molecule has 2 aromatic rings. The number of rotatable bonds is 7. The van der Waals surface area contributed by atoms with Crippen LogP contribution in [0.25, 0.3) is 10.9 Å². The van der Waals surface area contributed by atoms with Gasteiger partial charge in [-0.2, -0.15) is 0 Å². The number of phenols is 1. The predicted octanol–water partition coefficient (Wildman–Crippen LogP) is 2.05. The van der Waals surface area contributed by atoms with Gasteiger partial charge in [0, 0.05) is 23.1 Å². The number of benzene rings is 1. The molecule has 1 fully saturated rings. The van der Waals surface area contributed by atoms with Gasteiger partial charge < -0.3 is 24.0 Å². The monoisotopic (exact) mass is 375 g/mol. The first-order valence-electron chi connectivity index (χ1n) is 10.0. The second-order valence-corrected chi connectivity index (χ2v) is 7.18. The summed E-state index contributed by atoms with van der Waals surface area (Å²) in [6.45, 7) is 11.1. The highest BCUT2D eigenvalue weighted by molar-refractivity contribution is 6.07. The van der Waals surface area contributed by atoms with Crippen molar-refractivity contribution in [2.45, 2.75) is 46.7 Å². The average Bonchev–Trinajstić information content (AvgIpc) is 2.95. The highest BCUT2D eigenvalue weighted by Gasteiger charge is 2.27. The number of quaternary nitrogens is 1. The topological polar surface area (TPSA) is 65.1 Å². The Bertz CT molecular complexity index is 806. The fourth-order valence-corrected chi connectivity index (χ4v) is 3.95. The van der Waals surface area contributed by atoms with Crippen LogP contribution in [0.15, 0.2) is 12.1 Å². The molecule has 1 aliphatic rings. The SMILES string of the molecule is CCCCn1c(C)c(C(=O)OCC)c2c(C[NH+]3CCOCC3)c(O)ccc21. The quantitative estimate of drug-likeness (QED) is 0.727. The summed E-state index contributed by atoms with van der Waals surface area (Å²) in [5.74, 6) is -0.0567. The molecule has 1 aromatic carbocycles. The van der Waals surface area contributed by atoms with E-state index in [2.05, 4.69) is 11.5 Å². The van der Waals surface area contributed by atoms with E-state index in [1.807, 2.05) is 19.9 Å². The highest BCUT2D eigenvalue weighted by atomic mass is 16.5. The number of unbranched alkanes of at least 4 members (excludes halogenated alkanes) is 1. The molecule has 27 heavy (non-hydrogen) atoms. The molecule has 0 bridgehead atoms. The van der Waals surface area contributed by atoms with Gasteiger partial charge in [0.05, 0.1) is 30.9 Å². The lowest BCUT2D eigenvalue weighted by Crippen LogP contribution is -3.12. The largest absolute Gasteiger partial charge is 0.507 e. The second-order valence-electron chi connectivity index (χ2n) is 7.18. The normalized spacial score (nSPS) is 15.4. The number of morpholine rings is 1. The molecule has 6 heteroatoms. The van der Waals surface area contributed by atoms with Crippen LogP contribution in [0.3, 0.4) is 0 Å². The molecule has 0 saturated carbocycles. The van der Waals surface area contributed by atoms with Gasteiger partial charge in [0.25, 0.3) is 0 Å². The first-order chi connectivity index (χ1) is 13.1. The fraction of sp³-hybridized carbons (Fsp3) is 0.571. The van der Waals surface area contributed by atoms with Gasteiger partial charge in [-0.25, -0.2) is 4.79 Å². The third-order valence-electron chi connectivity index (χ3n) is 5.42. The number of phenolic OH excluding ortho intramolecular Hbond substituents is 1. The molecule has 3 rings (SSSR count). The van der Waals surface area contributed by atoms with Crippen molar-refractivity contribution in [1.29, 1.82) is 0 Å². The lowest BCUT2D eigenvalue weighted by atomic mass is 10.0. The molecule has 2 heterocycles. The zero-order valence-electron chi connectivity index (χ0n) is 16.6. The summed E-state index contributed by atoms with van der Waals surface area (Å²) in [5.41, 5.74) is 3.36. The molecular weight excluding hydrogens is 344 g/mol. The van der Waals surface area contributed by atoms with Crippen LogP contribution in [0, 0.1) is 6.92 Å². The van der Waals surface area contributed by atoms with E-state index >= 15 is 0 Å². The van der Waals surface area contributed by atoms with E-state index < -0.39 is 0 Å². The molecule has 6 nitrogen and oxygen atoms in total.